The molecule has 4 rings (SSSR count). The first-order valence-electron chi connectivity index (χ1n) is 8.06. The van der Waals surface area contributed by atoms with Gasteiger partial charge in [-0.25, -0.2) is 0 Å². The molecule has 128 valence electrons. The molecule has 0 bridgehead atoms. The summed E-state index contributed by atoms with van der Waals surface area (Å²) in [6, 6.07) is 12.4. The van der Waals surface area contributed by atoms with E-state index in [0.29, 0.717) is 0 Å². The van der Waals surface area contributed by atoms with Crippen molar-refractivity contribution < 1.29 is 9.47 Å². The summed E-state index contributed by atoms with van der Waals surface area (Å²) in [6.07, 6.45) is 4.33. The SMILES string of the molecule is COc1cccc2c(Sc3cn(C)c4c(OC)cccc34)cn(C)c12. The normalized spacial score (nSPS) is 11.4. The number of para-hydroxylation sites is 2. The van der Waals surface area contributed by atoms with E-state index in [1.165, 1.54) is 20.6 Å². The van der Waals surface area contributed by atoms with Gasteiger partial charge in [0.1, 0.15) is 11.5 Å². The molecule has 0 amide bonds. The largest absolute Gasteiger partial charge is 0.495 e. The van der Waals surface area contributed by atoms with Crippen LogP contribution < -0.4 is 9.47 Å². The van der Waals surface area contributed by atoms with Crippen molar-refractivity contribution in [2.45, 2.75) is 9.79 Å². The molecule has 0 aliphatic heterocycles. The summed E-state index contributed by atoms with van der Waals surface area (Å²) >= 11 is 1.77. The fourth-order valence-electron chi connectivity index (χ4n) is 3.40. The maximum atomic E-state index is 5.53. The van der Waals surface area contributed by atoms with Gasteiger partial charge in [0.15, 0.2) is 0 Å². The highest BCUT2D eigenvalue weighted by Gasteiger charge is 2.16. The van der Waals surface area contributed by atoms with Crippen molar-refractivity contribution in [3.8, 4) is 11.5 Å². The second-order valence-electron chi connectivity index (χ2n) is 6.02. The fraction of sp³-hybridized carbons (Fsp3) is 0.200. The number of ether oxygens (including phenoxy) is 2. The lowest BCUT2D eigenvalue weighted by Crippen LogP contribution is -1.89. The molecule has 0 radical (unpaired) electrons. The Morgan fingerprint density at radius 1 is 0.720 bits per heavy atom. The standard InChI is InChI=1S/C20H20N2O2S/c1-21-11-17(13-7-5-9-15(23-3)19(13)21)25-18-12-22(2)20-14(18)8-6-10-16(20)24-4/h5-12H,1-4H3. The summed E-state index contributed by atoms with van der Waals surface area (Å²) in [7, 11) is 7.54. The third kappa shape index (κ3) is 2.46. The van der Waals surface area contributed by atoms with Gasteiger partial charge in [-0.15, -0.1) is 0 Å². The number of methoxy groups -OCH3 is 2. The molecule has 0 spiro atoms. The molecule has 0 unspecified atom stereocenters. The van der Waals surface area contributed by atoms with Crippen molar-refractivity contribution >= 4 is 33.6 Å². The average Bonchev–Trinajstić information content (AvgIpc) is 3.13. The third-order valence-corrected chi connectivity index (χ3v) is 5.61. The first-order chi connectivity index (χ1) is 12.1. The number of hydrogen-bond donors (Lipinski definition) is 0. The minimum Gasteiger partial charge on any atom is -0.495 e. The van der Waals surface area contributed by atoms with E-state index in [1.54, 1.807) is 26.0 Å². The van der Waals surface area contributed by atoms with Crippen LogP contribution in [0.3, 0.4) is 0 Å². The molecule has 0 atom stereocenters. The van der Waals surface area contributed by atoms with Gasteiger partial charge in [-0.05, 0) is 12.1 Å². The van der Waals surface area contributed by atoms with E-state index in [1.807, 2.05) is 24.3 Å². The topological polar surface area (TPSA) is 28.3 Å². The summed E-state index contributed by atoms with van der Waals surface area (Å²) in [5.74, 6) is 1.79. The lowest BCUT2D eigenvalue weighted by molar-refractivity contribution is 0.418. The third-order valence-electron chi connectivity index (χ3n) is 4.52. The van der Waals surface area contributed by atoms with Crippen LogP contribution in [0.1, 0.15) is 0 Å². The van der Waals surface area contributed by atoms with E-state index < -0.39 is 0 Å². The van der Waals surface area contributed by atoms with Gasteiger partial charge in [-0.2, -0.15) is 0 Å². The summed E-state index contributed by atoms with van der Waals surface area (Å²) in [5, 5.41) is 2.40. The van der Waals surface area contributed by atoms with E-state index in [0.717, 1.165) is 22.5 Å². The highest BCUT2D eigenvalue weighted by atomic mass is 32.2. The van der Waals surface area contributed by atoms with Gasteiger partial charge in [0.2, 0.25) is 0 Å². The van der Waals surface area contributed by atoms with Crippen LogP contribution in [0.4, 0.5) is 0 Å². The molecule has 2 aromatic carbocycles. The summed E-state index contributed by atoms with van der Waals surface area (Å²) < 4.78 is 15.3. The Hall–Kier alpha value is -2.53. The minimum atomic E-state index is 0.895. The van der Waals surface area contributed by atoms with Crippen LogP contribution in [0, 0.1) is 0 Å². The fourth-order valence-corrected chi connectivity index (χ4v) is 4.61. The first-order valence-corrected chi connectivity index (χ1v) is 8.87. The number of nitrogens with zero attached hydrogens (tertiary/aromatic N) is 2. The van der Waals surface area contributed by atoms with Crippen molar-refractivity contribution in [2.24, 2.45) is 14.1 Å². The molecular weight excluding hydrogens is 332 g/mol. The van der Waals surface area contributed by atoms with Gasteiger partial charge in [0, 0.05) is 47.1 Å². The van der Waals surface area contributed by atoms with Crippen LogP contribution >= 0.6 is 11.8 Å². The summed E-state index contributed by atoms with van der Waals surface area (Å²) in [5.41, 5.74) is 2.23. The summed E-state index contributed by atoms with van der Waals surface area (Å²) in [6.45, 7) is 0. The Balaban J connectivity index is 1.87. The zero-order chi connectivity index (χ0) is 17.6. The maximum Gasteiger partial charge on any atom is 0.143 e. The Bertz CT molecular complexity index is 992. The second kappa shape index (κ2) is 6.08. The molecule has 5 heteroatoms. The molecule has 4 aromatic rings. The quantitative estimate of drug-likeness (QED) is 0.526. The van der Waals surface area contributed by atoms with Crippen LogP contribution in [0.2, 0.25) is 0 Å². The van der Waals surface area contributed by atoms with E-state index in [2.05, 4.69) is 47.8 Å². The van der Waals surface area contributed by atoms with Gasteiger partial charge < -0.3 is 18.6 Å². The highest BCUT2D eigenvalue weighted by molar-refractivity contribution is 7.99. The number of aryl methyl sites for hydroxylation is 2. The number of fused-ring (bicyclic) bond motifs is 2. The van der Waals surface area contributed by atoms with Crippen LogP contribution in [0.15, 0.2) is 58.6 Å². The van der Waals surface area contributed by atoms with Crippen LogP contribution in [-0.2, 0) is 14.1 Å². The Kier molecular flexibility index (Phi) is 3.88. The van der Waals surface area contributed by atoms with Crippen molar-refractivity contribution in [3.63, 3.8) is 0 Å². The molecule has 0 fully saturated rings. The van der Waals surface area contributed by atoms with Gasteiger partial charge >= 0.3 is 0 Å². The minimum absolute atomic E-state index is 0.895. The summed E-state index contributed by atoms with van der Waals surface area (Å²) in [4.78, 5) is 2.43. The van der Waals surface area contributed by atoms with Gasteiger partial charge in [-0.3, -0.25) is 0 Å². The smallest absolute Gasteiger partial charge is 0.143 e. The molecule has 4 nitrogen and oxygen atoms in total. The molecule has 2 aromatic heterocycles. The molecule has 0 saturated carbocycles. The molecule has 2 heterocycles. The highest BCUT2D eigenvalue weighted by Crippen LogP contribution is 2.42. The molecule has 25 heavy (non-hydrogen) atoms. The lowest BCUT2D eigenvalue weighted by Gasteiger charge is -2.04. The lowest BCUT2D eigenvalue weighted by atomic mass is 10.2. The Morgan fingerprint density at radius 3 is 1.56 bits per heavy atom. The molecule has 0 aliphatic carbocycles. The predicted octanol–water partition coefficient (Wildman–Crippen LogP) is 4.84. The zero-order valence-electron chi connectivity index (χ0n) is 14.7. The number of rotatable bonds is 4. The zero-order valence-corrected chi connectivity index (χ0v) is 15.6. The van der Waals surface area contributed by atoms with Gasteiger partial charge in [0.25, 0.3) is 0 Å². The van der Waals surface area contributed by atoms with Crippen molar-refractivity contribution in [3.05, 3.63) is 48.8 Å². The molecular formula is C20H20N2O2S. The Morgan fingerprint density at radius 2 is 1.16 bits per heavy atom. The maximum absolute atomic E-state index is 5.53. The van der Waals surface area contributed by atoms with Crippen LogP contribution in [0.25, 0.3) is 21.8 Å². The van der Waals surface area contributed by atoms with Crippen molar-refractivity contribution in [1.82, 2.24) is 9.13 Å². The van der Waals surface area contributed by atoms with E-state index in [4.69, 9.17) is 9.47 Å². The second-order valence-corrected chi connectivity index (χ2v) is 7.11. The number of aromatic nitrogens is 2. The number of benzene rings is 2. The number of hydrogen-bond acceptors (Lipinski definition) is 3. The van der Waals surface area contributed by atoms with E-state index >= 15 is 0 Å². The molecule has 0 N–H and O–H groups in total. The predicted molar refractivity (Wildman–Crippen MR) is 103 cm³/mol. The van der Waals surface area contributed by atoms with Crippen molar-refractivity contribution in [1.29, 1.82) is 0 Å². The monoisotopic (exact) mass is 352 g/mol. The van der Waals surface area contributed by atoms with Crippen LogP contribution in [-0.4, -0.2) is 23.4 Å². The first kappa shape index (κ1) is 16.0. The average molecular weight is 352 g/mol. The van der Waals surface area contributed by atoms with Crippen molar-refractivity contribution in [2.75, 3.05) is 14.2 Å². The van der Waals surface area contributed by atoms with Crippen LogP contribution in [0.5, 0.6) is 11.5 Å². The Labute approximate surface area is 151 Å². The van der Waals surface area contributed by atoms with E-state index in [-0.39, 0.29) is 0 Å². The van der Waals surface area contributed by atoms with Gasteiger partial charge in [0.05, 0.1) is 25.3 Å². The van der Waals surface area contributed by atoms with Gasteiger partial charge in [-0.1, -0.05) is 36.0 Å². The molecule has 0 saturated heterocycles. The van der Waals surface area contributed by atoms with E-state index in [9.17, 15) is 0 Å². The molecule has 0 aliphatic rings.